The molecule has 0 amide bonds. The number of ether oxygens (including phenoxy) is 6. The van der Waals surface area contributed by atoms with E-state index >= 15 is 0 Å². The summed E-state index contributed by atoms with van der Waals surface area (Å²) in [6.07, 6.45) is 18.3. The number of benzene rings is 2. The Bertz CT molecular complexity index is 2150. The monoisotopic (exact) mass is 998 g/mol. The van der Waals surface area contributed by atoms with Crippen molar-refractivity contribution in [1.29, 1.82) is 10.7 Å². The van der Waals surface area contributed by atoms with E-state index < -0.39 is 43.6 Å². The number of amidine groups is 1. The molecule has 17 heteroatoms. The second-order valence-corrected chi connectivity index (χ2v) is 20.9. The van der Waals surface area contributed by atoms with E-state index in [-0.39, 0.29) is 42.5 Å². The Morgan fingerprint density at radius 1 is 0.870 bits per heavy atom. The van der Waals surface area contributed by atoms with Gasteiger partial charge in [0.2, 0.25) is 0 Å². The number of para-hydroxylation sites is 1. The molecule has 5 rings (SSSR count). The number of fused-ring (bicyclic) bond motifs is 1. The average Bonchev–Trinajstić information content (AvgIpc) is 4.01. The number of nitrogens with one attached hydrogen (secondary N) is 2. The predicted molar refractivity (Wildman–Crippen MR) is 270 cm³/mol. The van der Waals surface area contributed by atoms with Crippen molar-refractivity contribution in [2.75, 3.05) is 26.4 Å². The van der Waals surface area contributed by atoms with Crippen LogP contribution in [0.1, 0.15) is 167 Å². The lowest BCUT2D eigenvalue weighted by atomic mass is 9.97. The Morgan fingerprint density at radius 3 is 2.14 bits per heavy atom. The third-order valence-corrected chi connectivity index (χ3v) is 13.7. The number of nitrogens with two attached hydrogens (primary N) is 1. The zero-order chi connectivity index (χ0) is 49.7. The molecular weight excluding hydrogens is 921 g/mol. The Hall–Kier alpha value is -3.97. The first-order chi connectivity index (χ1) is 33.2. The molecule has 1 aromatic heterocycles. The topological polar surface area (TPSA) is 202 Å². The number of aromatic amines is 1. The number of nitriles is 1. The zero-order valence-corrected chi connectivity index (χ0v) is 43.3. The van der Waals surface area contributed by atoms with Crippen LogP contribution in [0.15, 0.2) is 59.6 Å². The fraction of sp³-hybridized carbons (Fsp3) is 0.635. The third kappa shape index (κ3) is 18.0. The Morgan fingerprint density at radius 2 is 1.52 bits per heavy atom. The summed E-state index contributed by atoms with van der Waals surface area (Å²) in [5.74, 6) is 0.00389. The van der Waals surface area contributed by atoms with E-state index in [1.807, 2.05) is 27.7 Å². The highest BCUT2D eigenvalue weighted by molar-refractivity contribution is 7.49. The van der Waals surface area contributed by atoms with E-state index in [4.69, 9.17) is 64.7 Å². The van der Waals surface area contributed by atoms with Crippen molar-refractivity contribution in [1.82, 2.24) is 4.98 Å². The van der Waals surface area contributed by atoms with Crippen LogP contribution < -0.4 is 19.7 Å². The van der Waals surface area contributed by atoms with Crippen molar-refractivity contribution in [3.63, 3.8) is 0 Å². The van der Waals surface area contributed by atoms with Crippen LogP contribution in [-0.4, -0.2) is 79.4 Å². The van der Waals surface area contributed by atoms with E-state index in [1.54, 1.807) is 61.5 Å². The number of H-pyrrole nitrogens is 1. The predicted octanol–water partition coefficient (Wildman–Crippen LogP) is 12.9. The highest BCUT2D eigenvalue weighted by Gasteiger charge is 2.62. The van der Waals surface area contributed by atoms with E-state index in [2.05, 4.69) is 23.0 Å². The number of phosphoric ester groups is 1. The highest BCUT2D eigenvalue weighted by Crippen LogP contribution is 2.55. The van der Waals surface area contributed by atoms with Crippen molar-refractivity contribution in [2.24, 2.45) is 10.7 Å². The zero-order valence-electron chi connectivity index (χ0n) is 41.7. The van der Waals surface area contributed by atoms with Crippen molar-refractivity contribution in [3.05, 3.63) is 76.6 Å². The molecule has 0 radical (unpaired) electrons. The first-order valence-electron chi connectivity index (χ1n) is 25.0. The van der Waals surface area contributed by atoms with Gasteiger partial charge in [0.15, 0.2) is 5.79 Å². The van der Waals surface area contributed by atoms with Gasteiger partial charge >= 0.3 is 7.82 Å². The van der Waals surface area contributed by atoms with Gasteiger partial charge in [0, 0.05) is 18.4 Å². The molecule has 69 heavy (non-hydrogen) atoms. The third-order valence-electron chi connectivity index (χ3n) is 12.1. The van der Waals surface area contributed by atoms with Crippen molar-refractivity contribution < 1.29 is 46.6 Å². The van der Waals surface area contributed by atoms with Crippen LogP contribution >= 0.6 is 19.4 Å². The molecule has 6 atom stereocenters. The fourth-order valence-electron chi connectivity index (χ4n) is 8.54. The minimum Gasteiger partial charge on any atom is -0.489 e. The molecule has 0 bridgehead atoms. The molecule has 0 aliphatic carbocycles. The molecule has 2 aromatic carbocycles. The number of unbranched alkanes of at least 4 members (excludes halogenated alkanes) is 15. The molecule has 15 nitrogen and oxygen atoms in total. The van der Waals surface area contributed by atoms with Gasteiger partial charge in [-0.25, -0.2) is 9.56 Å². The smallest absolute Gasteiger partial charge is 0.489 e. The van der Waals surface area contributed by atoms with Gasteiger partial charge in [-0.15, -0.1) is 0 Å². The number of rotatable bonds is 34. The number of aromatic nitrogens is 1. The van der Waals surface area contributed by atoms with Gasteiger partial charge in [-0.05, 0) is 77.4 Å². The summed E-state index contributed by atoms with van der Waals surface area (Å²) in [5, 5.41) is 17.3. The molecule has 2 fully saturated rings. The number of phosphoric acid groups is 1. The molecule has 3 heterocycles. The first kappa shape index (κ1) is 56.0. The lowest BCUT2D eigenvalue weighted by molar-refractivity contribution is -0.212. The van der Waals surface area contributed by atoms with E-state index in [0.29, 0.717) is 35.1 Å². The maximum absolute atomic E-state index is 14.9. The minimum atomic E-state index is -4.54. The standard InChI is InChI=1S/C52H77ClN5O10P/c1-7-8-9-10-11-12-13-14-15-16-17-18-19-20-21-24-31-60-34-41(64-40-28-27-39(33-54)46(32-40)63-38(2)3)35-61-69(59,68-45-26-23-22-25-42(45)53)62-36-52(6)49-48(65-51(4,5)67-49)47(66-52)43-29-30-44(58-43)50(56)57-37-55/h22-23,25-30,32,37-38,41,47-49,58H,7-21,24,31,34-36H2,1-6H3,(H3,55,56,57)/t41-,47+,48+,49+,52-,69?/m1/s1. The summed E-state index contributed by atoms with van der Waals surface area (Å²) in [6.45, 7) is 11.4. The average molecular weight is 999 g/mol. The Balaban J connectivity index is 1.22. The molecule has 2 aliphatic rings. The Labute approximate surface area is 415 Å². The normalized spacial score (nSPS) is 21.1. The maximum atomic E-state index is 14.9. The van der Waals surface area contributed by atoms with Crippen LogP contribution in [-0.2, 0) is 32.6 Å². The molecular formula is C52H77ClN5O10P. The number of hydrogen-bond acceptors (Lipinski definition) is 12. The lowest BCUT2D eigenvalue weighted by Crippen LogP contribution is -2.44. The molecule has 2 saturated heterocycles. The number of halogens is 1. The van der Waals surface area contributed by atoms with E-state index in [0.717, 1.165) is 25.6 Å². The van der Waals surface area contributed by atoms with Crippen LogP contribution in [0.4, 0.5) is 0 Å². The fourth-order valence-corrected chi connectivity index (χ4v) is 10.1. The first-order valence-corrected chi connectivity index (χ1v) is 26.9. The highest BCUT2D eigenvalue weighted by atomic mass is 35.5. The number of hydrogen-bond donors (Lipinski definition) is 3. The van der Waals surface area contributed by atoms with Crippen LogP contribution in [0.3, 0.4) is 0 Å². The van der Waals surface area contributed by atoms with E-state index in [1.165, 1.54) is 83.5 Å². The number of nitrogens with zero attached hydrogens (tertiary/aromatic N) is 2. The summed E-state index contributed by atoms with van der Waals surface area (Å²) >= 11 is 6.52. The van der Waals surface area contributed by atoms with Crippen molar-refractivity contribution in [2.45, 2.75) is 186 Å². The number of aliphatic imine (C=N–C) groups is 1. The van der Waals surface area contributed by atoms with Crippen LogP contribution in [0, 0.1) is 16.7 Å². The molecule has 0 spiro atoms. The van der Waals surface area contributed by atoms with Gasteiger partial charge in [0.1, 0.15) is 65.5 Å². The summed E-state index contributed by atoms with van der Waals surface area (Å²) in [7, 11) is -4.54. The van der Waals surface area contributed by atoms with Gasteiger partial charge in [0.05, 0.1) is 42.2 Å². The van der Waals surface area contributed by atoms with Gasteiger partial charge in [-0.2, -0.15) is 5.26 Å². The molecule has 4 N–H and O–H groups in total. The van der Waals surface area contributed by atoms with Crippen LogP contribution in [0.5, 0.6) is 17.2 Å². The Kier molecular flexibility index (Phi) is 22.8. The largest absolute Gasteiger partial charge is 0.530 e. The summed E-state index contributed by atoms with van der Waals surface area (Å²) in [6, 6.07) is 17.2. The van der Waals surface area contributed by atoms with Crippen molar-refractivity contribution >= 4 is 31.6 Å². The SMILES string of the molecule is CCCCCCCCCCCCCCCCCCOC[C@H](COP(=O)(OC[C@@]1(C)O[C@@H](c2ccc(C(N)=NC=N)[nH]2)[C@@H]2OC(C)(C)O[C@@H]21)Oc1ccccc1Cl)Oc1ccc(C#N)c(OC(C)C)c1. The second kappa shape index (κ2) is 28.2. The van der Waals surface area contributed by atoms with Crippen LogP contribution in [0.25, 0.3) is 0 Å². The van der Waals surface area contributed by atoms with Gasteiger partial charge in [-0.1, -0.05) is 127 Å². The summed E-state index contributed by atoms with van der Waals surface area (Å²) < 4.78 is 71.3. The molecule has 382 valence electrons. The second-order valence-electron chi connectivity index (χ2n) is 18.9. The summed E-state index contributed by atoms with van der Waals surface area (Å²) in [5.41, 5.74) is 6.30. The lowest BCUT2D eigenvalue weighted by Gasteiger charge is -2.32. The maximum Gasteiger partial charge on any atom is 0.530 e. The molecule has 3 aromatic rings. The van der Waals surface area contributed by atoms with Gasteiger partial charge in [-0.3, -0.25) is 14.5 Å². The van der Waals surface area contributed by atoms with E-state index in [9.17, 15) is 9.83 Å². The minimum absolute atomic E-state index is 0.0835. The van der Waals surface area contributed by atoms with Gasteiger partial charge in [0.25, 0.3) is 0 Å². The molecule has 1 unspecified atom stereocenters. The van der Waals surface area contributed by atoms with Crippen LogP contribution in [0.2, 0.25) is 5.02 Å². The molecule has 0 saturated carbocycles. The quantitative estimate of drug-likeness (QED) is 0.0221. The van der Waals surface area contributed by atoms with Crippen molar-refractivity contribution in [3.8, 4) is 23.3 Å². The summed E-state index contributed by atoms with van der Waals surface area (Å²) in [4.78, 5) is 7.09. The molecule has 2 aliphatic heterocycles. The van der Waals surface area contributed by atoms with Gasteiger partial charge < -0.3 is 43.7 Å².